The fourth-order valence-corrected chi connectivity index (χ4v) is 5.97. The Balaban J connectivity index is 1.54. The molecule has 36 heavy (non-hydrogen) atoms. The third kappa shape index (κ3) is 3.83. The molecule has 2 aromatic heterocycles. The van der Waals surface area contributed by atoms with Crippen molar-refractivity contribution in [2.45, 2.75) is 51.0 Å². The van der Waals surface area contributed by atoms with E-state index in [1.165, 1.54) is 5.56 Å². The van der Waals surface area contributed by atoms with Crippen LogP contribution in [0.2, 0.25) is 0 Å². The molecule has 0 spiro atoms. The first-order valence-electron chi connectivity index (χ1n) is 12.5. The van der Waals surface area contributed by atoms with Crippen LogP contribution in [0.15, 0.2) is 47.2 Å². The van der Waals surface area contributed by atoms with Gasteiger partial charge in [0.25, 0.3) is 0 Å². The molecule has 0 radical (unpaired) electrons. The monoisotopic (exact) mass is 489 g/mol. The van der Waals surface area contributed by atoms with Gasteiger partial charge in [-0.25, -0.2) is 0 Å². The Morgan fingerprint density at radius 3 is 2.33 bits per heavy atom. The van der Waals surface area contributed by atoms with Gasteiger partial charge in [0.2, 0.25) is 17.6 Å². The fourth-order valence-electron chi connectivity index (χ4n) is 5.97. The molecular formula is C28H35N5O3. The van der Waals surface area contributed by atoms with Gasteiger partial charge in [-0.1, -0.05) is 50.2 Å². The van der Waals surface area contributed by atoms with Crippen molar-refractivity contribution in [3.8, 4) is 11.4 Å². The zero-order valence-corrected chi connectivity index (χ0v) is 21.9. The summed E-state index contributed by atoms with van der Waals surface area (Å²) in [5.41, 5.74) is 1.26. The minimum atomic E-state index is -1.25. The zero-order chi connectivity index (χ0) is 25.9. The Labute approximate surface area is 212 Å². The standard InChI is InChI=1S/C28H35N5O3/c1-18(2)19-7-9-21(10-8-19)28(35,27(4)16-32(5)17-27)22-11-20(13-29-14-22)24-30-25(36-31-24)26(3)12-23(34)33(6)15-26/h7-11,13-14,18,35H,12,15-17H2,1-6H3/t26-,28?/m0/s1. The van der Waals surface area contributed by atoms with Gasteiger partial charge < -0.3 is 19.4 Å². The van der Waals surface area contributed by atoms with E-state index >= 15 is 0 Å². The number of carbonyl (C=O) groups excluding carboxylic acids is 1. The summed E-state index contributed by atoms with van der Waals surface area (Å²) in [6, 6.07) is 10.2. The average Bonchev–Trinajstić information content (AvgIpc) is 3.43. The summed E-state index contributed by atoms with van der Waals surface area (Å²) in [6.07, 6.45) is 3.75. The van der Waals surface area contributed by atoms with Crippen molar-refractivity contribution in [1.82, 2.24) is 24.9 Å². The molecule has 2 aliphatic heterocycles. The number of likely N-dealkylation sites (N-methyl/N-ethyl adjacent to an activating group) is 1. The summed E-state index contributed by atoms with van der Waals surface area (Å²) in [6.45, 7) is 10.5. The summed E-state index contributed by atoms with van der Waals surface area (Å²) in [5.74, 6) is 1.31. The lowest BCUT2D eigenvalue weighted by molar-refractivity contribution is -0.127. The predicted octanol–water partition coefficient (Wildman–Crippen LogP) is 3.56. The molecule has 0 bridgehead atoms. The largest absolute Gasteiger partial charge is 0.380 e. The Hall–Kier alpha value is -3.10. The van der Waals surface area contributed by atoms with Gasteiger partial charge in [0, 0.05) is 62.0 Å². The maximum Gasteiger partial charge on any atom is 0.235 e. The summed E-state index contributed by atoms with van der Waals surface area (Å²) in [7, 11) is 3.84. The summed E-state index contributed by atoms with van der Waals surface area (Å²) in [4.78, 5) is 25.2. The van der Waals surface area contributed by atoms with Crippen LogP contribution in [-0.2, 0) is 15.8 Å². The maximum atomic E-state index is 12.5. The van der Waals surface area contributed by atoms with Crippen LogP contribution in [0.3, 0.4) is 0 Å². The minimum absolute atomic E-state index is 0.0631. The van der Waals surface area contributed by atoms with E-state index in [0.29, 0.717) is 41.7 Å². The van der Waals surface area contributed by atoms with Crippen molar-refractivity contribution in [2.75, 3.05) is 33.7 Å². The highest BCUT2D eigenvalue weighted by molar-refractivity contribution is 5.80. The van der Waals surface area contributed by atoms with Crippen molar-refractivity contribution >= 4 is 5.91 Å². The van der Waals surface area contributed by atoms with E-state index in [1.54, 1.807) is 24.3 Å². The fraction of sp³-hybridized carbons (Fsp3) is 0.500. The first-order valence-corrected chi connectivity index (χ1v) is 12.5. The third-order valence-corrected chi connectivity index (χ3v) is 8.02. The molecule has 2 atom stereocenters. The lowest BCUT2D eigenvalue weighted by Crippen LogP contribution is -2.63. The van der Waals surface area contributed by atoms with Gasteiger partial charge in [-0.2, -0.15) is 4.98 Å². The van der Waals surface area contributed by atoms with Gasteiger partial charge >= 0.3 is 0 Å². The number of carbonyl (C=O) groups is 1. The maximum absolute atomic E-state index is 12.5. The number of benzene rings is 1. The van der Waals surface area contributed by atoms with Crippen LogP contribution in [0.25, 0.3) is 11.4 Å². The smallest absolute Gasteiger partial charge is 0.235 e. The molecule has 190 valence electrons. The topological polar surface area (TPSA) is 95.6 Å². The molecule has 1 amide bonds. The predicted molar refractivity (Wildman–Crippen MR) is 136 cm³/mol. The van der Waals surface area contributed by atoms with Crippen LogP contribution in [0, 0.1) is 5.41 Å². The van der Waals surface area contributed by atoms with Crippen LogP contribution in [0.5, 0.6) is 0 Å². The molecule has 2 saturated heterocycles. The summed E-state index contributed by atoms with van der Waals surface area (Å²) < 4.78 is 5.63. The molecule has 1 unspecified atom stereocenters. The molecule has 1 N–H and O–H groups in total. The molecule has 8 heteroatoms. The number of pyridine rings is 1. The number of hydrogen-bond acceptors (Lipinski definition) is 7. The lowest BCUT2D eigenvalue weighted by atomic mass is 9.62. The van der Waals surface area contributed by atoms with Crippen LogP contribution in [-0.4, -0.2) is 69.7 Å². The number of aromatic nitrogens is 3. The van der Waals surface area contributed by atoms with E-state index in [2.05, 4.69) is 60.0 Å². The van der Waals surface area contributed by atoms with Crippen molar-refractivity contribution in [3.05, 3.63) is 65.3 Å². The molecule has 0 aliphatic carbocycles. The van der Waals surface area contributed by atoms with Gasteiger partial charge in [0.05, 0.1) is 5.41 Å². The number of likely N-dealkylation sites (tertiary alicyclic amines) is 2. The summed E-state index contributed by atoms with van der Waals surface area (Å²) in [5, 5.41) is 16.7. The second kappa shape index (κ2) is 8.49. The normalized spacial score (nSPS) is 23.7. The van der Waals surface area contributed by atoms with Gasteiger partial charge in [-0.05, 0) is 37.1 Å². The van der Waals surface area contributed by atoms with E-state index < -0.39 is 16.4 Å². The van der Waals surface area contributed by atoms with Gasteiger partial charge in [0.15, 0.2) is 0 Å². The quantitative estimate of drug-likeness (QED) is 0.566. The first-order chi connectivity index (χ1) is 16.9. The Morgan fingerprint density at radius 2 is 1.75 bits per heavy atom. The average molecular weight is 490 g/mol. The van der Waals surface area contributed by atoms with E-state index in [9.17, 15) is 9.90 Å². The molecule has 0 saturated carbocycles. The number of nitrogens with zero attached hydrogens (tertiary/aromatic N) is 5. The van der Waals surface area contributed by atoms with Crippen molar-refractivity contribution in [1.29, 1.82) is 0 Å². The third-order valence-electron chi connectivity index (χ3n) is 8.02. The van der Waals surface area contributed by atoms with Crippen molar-refractivity contribution < 1.29 is 14.4 Å². The van der Waals surface area contributed by atoms with E-state index in [4.69, 9.17) is 4.52 Å². The second-order valence-electron chi connectivity index (χ2n) is 11.6. The molecule has 2 aliphatic rings. The van der Waals surface area contributed by atoms with Crippen molar-refractivity contribution in [2.24, 2.45) is 5.41 Å². The lowest BCUT2D eigenvalue weighted by Gasteiger charge is -2.55. The van der Waals surface area contributed by atoms with E-state index in [-0.39, 0.29) is 5.91 Å². The number of rotatable bonds is 6. The Bertz CT molecular complexity index is 1280. The highest BCUT2D eigenvalue weighted by atomic mass is 16.5. The zero-order valence-electron chi connectivity index (χ0n) is 21.9. The molecule has 2 fully saturated rings. The number of amides is 1. The van der Waals surface area contributed by atoms with E-state index in [1.807, 2.05) is 25.1 Å². The molecule has 8 nitrogen and oxygen atoms in total. The molecule has 1 aromatic carbocycles. The molecule has 5 rings (SSSR count). The van der Waals surface area contributed by atoms with Gasteiger partial charge in [-0.3, -0.25) is 9.78 Å². The molecule has 3 aromatic rings. The van der Waals surface area contributed by atoms with Crippen LogP contribution in [0.4, 0.5) is 0 Å². The Kier molecular flexibility index (Phi) is 5.80. The molecular weight excluding hydrogens is 454 g/mol. The number of hydrogen-bond donors (Lipinski definition) is 1. The molecule has 4 heterocycles. The van der Waals surface area contributed by atoms with Crippen LogP contribution < -0.4 is 0 Å². The highest BCUT2D eigenvalue weighted by Crippen LogP contribution is 2.50. The van der Waals surface area contributed by atoms with E-state index in [0.717, 1.165) is 18.7 Å². The number of aliphatic hydroxyl groups is 1. The SMILES string of the molecule is CC(C)c1ccc(C(O)(c2cncc(-c3noc([C@@]4(C)CC(=O)N(C)C4)n3)c2)C2(C)CN(C)C2)cc1. The van der Waals surface area contributed by atoms with Gasteiger partial charge in [0.1, 0.15) is 5.60 Å². The van der Waals surface area contributed by atoms with Crippen LogP contribution in [0.1, 0.15) is 62.6 Å². The minimum Gasteiger partial charge on any atom is -0.380 e. The van der Waals surface area contributed by atoms with Crippen molar-refractivity contribution in [3.63, 3.8) is 0 Å². The highest BCUT2D eigenvalue weighted by Gasteiger charge is 2.55. The van der Waals surface area contributed by atoms with Crippen LogP contribution >= 0.6 is 0 Å². The first kappa shape index (κ1) is 24.6. The van der Waals surface area contributed by atoms with Gasteiger partial charge in [-0.15, -0.1) is 0 Å². The Morgan fingerprint density at radius 1 is 1.06 bits per heavy atom. The second-order valence-corrected chi connectivity index (χ2v) is 11.6. The summed E-state index contributed by atoms with van der Waals surface area (Å²) >= 11 is 0.